The lowest BCUT2D eigenvalue weighted by Gasteiger charge is -2.08. The molecular formula is C21H17N3O3S2. The maximum Gasteiger partial charge on any atom is 0.259 e. The van der Waals surface area contributed by atoms with Crippen molar-refractivity contribution < 1.29 is 13.5 Å². The van der Waals surface area contributed by atoms with Crippen LogP contribution in [0.15, 0.2) is 57.3 Å². The highest BCUT2D eigenvalue weighted by molar-refractivity contribution is 7.84. The van der Waals surface area contributed by atoms with Gasteiger partial charge in [-0.1, -0.05) is 11.2 Å². The van der Waals surface area contributed by atoms with E-state index in [9.17, 15) is 9.00 Å². The maximum atomic E-state index is 13.2. The van der Waals surface area contributed by atoms with Crippen molar-refractivity contribution >= 4 is 44.8 Å². The third kappa shape index (κ3) is 3.49. The van der Waals surface area contributed by atoms with Crippen molar-refractivity contribution in [3.8, 4) is 10.6 Å². The Kier molecular flexibility index (Phi) is 4.52. The molecule has 4 aromatic rings. The van der Waals surface area contributed by atoms with Crippen molar-refractivity contribution in [3.05, 3.63) is 59.1 Å². The molecule has 0 spiro atoms. The maximum absolute atomic E-state index is 13.2. The number of anilines is 1. The molecule has 5 rings (SSSR count). The second kappa shape index (κ2) is 7.20. The highest BCUT2D eigenvalue weighted by atomic mass is 32.2. The molecule has 29 heavy (non-hydrogen) atoms. The van der Waals surface area contributed by atoms with E-state index in [1.54, 1.807) is 41.9 Å². The summed E-state index contributed by atoms with van der Waals surface area (Å²) in [6.07, 6.45) is 3.72. The minimum absolute atomic E-state index is 0.245. The summed E-state index contributed by atoms with van der Waals surface area (Å²) in [6, 6.07) is 12.7. The summed E-state index contributed by atoms with van der Waals surface area (Å²) >= 11 is 1.55. The van der Waals surface area contributed by atoms with Gasteiger partial charge in [-0.15, -0.1) is 11.3 Å². The van der Waals surface area contributed by atoms with Gasteiger partial charge in [-0.25, -0.2) is 4.98 Å². The Morgan fingerprint density at radius 2 is 2.03 bits per heavy atom. The number of rotatable bonds is 5. The second-order valence-electron chi connectivity index (χ2n) is 6.99. The van der Waals surface area contributed by atoms with Crippen LogP contribution in [-0.4, -0.2) is 26.5 Å². The molecule has 0 bridgehead atoms. The van der Waals surface area contributed by atoms with E-state index in [4.69, 9.17) is 4.52 Å². The van der Waals surface area contributed by atoms with E-state index >= 15 is 0 Å². The molecule has 1 amide bonds. The monoisotopic (exact) mass is 423 g/mol. The zero-order valence-electron chi connectivity index (χ0n) is 15.5. The summed E-state index contributed by atoms with van der Waals surface area (Å²) in [5.74, 6) is 0.0849. The molecule has 1 aliphatic carbocycles. The number of nitrogens with zero attached hydrogens (tertiary/aromatic N) is 2. The van der Waals surface area contributed by atoms with Gasteiger partial charge in [-0.3, -0.25) is 9.00 Å². The van der Waals surface area contributed by atoms with Crippen LogP contribution >= 0.6 is 11.3 Å². The summed E-state index contributed by atoms with van der Waals surface area (Å²) in [5.41, 5.74) is 3.03. The lowest BCUT2D eigenvalue weighted by molar-refractivity contribution is 0.102. The molecule has 3 aromatic heterocycles. The number of benzene rings is 1. The van der Waals surface area contributed by atoms with Gasteiger partial charge in [0.25, 0.3) is 11.6 Å². The van der Waals surface area contributed by atoms with Crippen LogP contribution in [0.25, 0.3) is 21.7 Å². The van der Waals surface area contributed by atoms with Crippen molar-refractivity contribution in [2.24, 2.45) is 0 Å². The lowest BCUT2D eigenvalue weighted by atomic mass is 10.1. The first-order valence-corrected chi connectivity index (χ1v) is 11.6. The largest absolute Gasteiger partial charge is 0.335 e. The number of nitrogens with one attached hydrogen (secondary N) is 1. The van der Waals surface area contributed by atoms with Crippen LogP contribution in [0.1, 0.15) is 34.8 Å². The van der Waals surface area contributed by atoms with Crippen LogP contribution in [0.2, 0.25) is 0 Å². The fourth-order valence-corrected chi connectivity index (χ4v) is 4.47. The molecule has 6 nitrogen and oxygen atoms in total. The first-order valence-electron chi connectivity index (χ1n) is 9.19. The van der Waals surface area contributed by atoms with Gasteiger partial charge in [0.1, 0.15) is 0 Å². The number of carbonyl (C=O) groups excluding carboxylic acids is 1. The normalized spacial score (nSPS) is 14.8. The van der Waals surface area contributed by atoms with Crippen molar-refractivity contribution in [2.75, 3.05) is 11.6 Å². The third-order valence-electron chi connectivity index (χ3n) is 4.90. The average Bonchev–Trinajstić information content (AvgIpc) is 3.25. The van der Waals surface area contributed by atoms with Crippen molar-refractivity contribution in [2.45, 2.75) is 23.7 Å². The van der Waals surface area contributed by atoms with E-state index in [2.05, 4.69) is 15.5 Å². The molecule has 1 fully saturated rings. The molecule has 1 unspecified atom stereocenters. The SMILES string of the molecule is CS(=O)c1ccc(NC(=O)c2cc(-c3cccs3)nc3onc(C4CC4)c23)cc1. The Morgan fingerprint density at radius 1 is 1.24 bits per heavy atom. The van der Waals surface area contributed by atoms with Gasteiger partial charge in [0.05, 0.1) is 27.2 Å². The summed E-state index contributed by atoms with van der Waals surface area (Å²) in [6.45, 7) is 0. The minimum Gasteiger partial charge on any atom is -0.335 e. The number of aromatic nitrogens is 2. The Hall–Kier alpha value is -2.84. The molecule has 0 saturated heterocycles. The predicted molar refractivity (Wildman–Crippen MR) is 114 cm³/mol. The Bertz CT molecular complexity index is 1230. The summed E-state index contributed by atoms with van der Waals surface area (Å²) in [4.78, 5) is 19.5. The standard InChI is InChI=1S/C21H17N3O3S2/c1-29(26)14-8-6-13(7-9-14)22-20(25)15-11-16(17-3-2-10-28-17)23-21-18(15)19(24-27-21)12-4-5-12/h2-3,6-12H,4-5H2,1H3,(H,22,25). The van der Waals surface area contributed by atoms with E-state index < -0.39 is 10.8 Å². The second-order valence-corrected chi connectivity index (χ2v) is 9.31. The lowest BCUT2D eigenvalue weighted by Crippen LogP contribution is -2.13. The summed E-state index contributed by atoms with van der Waals surface area (Å²) < 4.78 is 17.1. The third-order valence-corrected chi connectivity index (χ3v) is 6.73. The first kappa shape index (κ1) is 18.2. The van der Waals surface area contributed by atoms with Gasteiger partial charge in [-0.05, 0) is 54.6 Å². The fourth-order valence-electron chi connectivity index (χ4n) is 3.27. The Balaban J connectivity index is 1.57. The molecule has 146 valence electrons. The Morgan fingerprint density at radius 3 is 2.69 bits per heavy atom. The molecule has 0 radical (unpaired) electrons. The number of carbonyl (C=O) groups is 1. The van der Waals surface area contributed by atoms with Crippen LogP contribution < -0.4 is 5.32 Å². The number of hydrogen-bond acceptors (Lipinski definition) is 6. The molecule has 1 aromatic carbocycles. The smallest absolute Gasteiger partial charge is 0.259 e. The quantitative estimate of drug-likeness (QED) is 0.497. The number of hydrogen-bond donors (Lipinski definition) is 1. The van der Waals surface area contributed by atoms with Crippen LogP contribution in [-0.2, 0) is 10.8 Å². The van der Waals surface area contributed by atoms with Gasteiger partial charge in [0.15, 0.2) is 0 Å². The van der Waals surface area contributed by atoms with Crippen molar-refractivity contribution in [1.29, 1.82) is 0 Å². The Labute approximate surface area is 173 Å². The number of pyridine rings is 1. The molecule has 1 saturated carbocycles. The molecule has 1 atom stereocenters. The fraction of sp³-hybridized carbons (Fsp3) is 0.190. The first-order chi connectivity index (χ1) is 14.1. The molecule has 8 heteroatoms. The molecule has 1 N–H and O–H groups in total. The zero-order chi connectivity index (χ0) is 20.0. The van der Waals surface area contributed by atoms with E-state index in [0.717, 1.165) is 23.4 Å². The van der Waals surface area contributed by atoms with Gasteiger partial charge >= 0.3 is 0 Å². The van der Waals surface area contributed by atoms with Crippen LogP contribution in [0, 0.1) is 0 Å². The number of thiophene rings is 1. The minimum atomic E-state index is -1.06. The highest BCUT2D eigenvalue weighted by Gasteiger charge is 2.32. The van der Waals surface area contributed by atoms with Crippen LogP contribution in [0.3, 0.4) is 0 Å². The van der Waals surface area contributed by atoms with Gasteiger partial charge in [0, 0.05) is 33.6 Å². The molecular weight excluding hydrogens is 406 g/mol. The van der Waals surface area contributed by atoms with Crippen molar-refractivity contribution in [3.63, 3.8) is 0 Å². The van der Waals surface area contributed by atoms with Crippen LogP contribution in [0.4, 0.5) is 5.69 Å². The van der Waals surface area contributed by atoms with Gasteiger partial charge in [-0.2, -0.15) is 0 Å². The van der Waals surface area contributed by atoms with Gasteiger partial charge in [0.2, 0.25) is 0 Å². The van der Waals surface area contributed by atoms with E-state index in [-0.39, 0.29) is 5.91 Å². The zero-order valence-corrected chi connectivity index (χ0v) is 17.2. The highest BCUT2D eigenvalue weighted by Crippen LogP contribution is 2.43. The predicted octanol–water partition coefficient (Wildman–Crippen LogP) is 4.82. The van der Waals surface area contributed by atoms with Crippen LogP contribution in [0.5, 0.6) is 0 Å². The summed E-state index contributed by atoms with van der Waals surface area (Å²) in [5, 5.41) is 9.81. The van der Waals surface area contributed by atoms with Gasteiger partial charge < -0.3 is 9.84 Å². The number of fused-ring (bicyclic) bond motifs is 1. The van der Waals surface area contributed by atoms with E-state index in [1.807, 2.05) is 23.6 Å². The molecule has 3 heterocycles. The van der Waals surface area contributed by atoms with Crippen molar-refractivity contribution in [1.82, 2.24) is 10.1 Å². The average molecular weight is 424 g/mol. The molecule has 1 aliphatic rings. The summed E-state index contributed by atoms with van der Waals surface area (Å²) in [7, 11) is -1.06. The topological polar surface area (TPSA) is 85.1 Å². The van der Waals surface area contributed by atoms with E-state index in [1.165, 1.54) is 0 Å². The molecule has 0 aliphatic heterocycles. The number of amides is 1. The van der Waals surface area contributed by atoms with E-state index in [0.29, 0.717) is 38.9 Å².